The average Bonchev–Trinajstić information content (AvgIpc) is 3.20. The van der Waals surface area contributed by atoms with Crippen molar-refractivity contribution in [2.75, 3.05) is 7.11 Å². The van der Waals surface area contributed by atoms with Crippen LogP contribution in [0.1, 0.15) is 27.3 Å². The molecule has 1 aromatic heterocycles. The lowest BCUT2D eigenvalue weighted by Gasteiger charge is -2.02. The van der Waals surface area contributed by atoms with E-state index in [-0.39, 0.29) is 5.69 Å². The molecule has 0 unspecified atom stereocenters. The molecule has 0 saturated heterocycles. The maximum Gasteiger partial charge on any atom is 0.336 e. The third-order valence-electron chi connectivity index (χ3n) is 3.94. The lowest BCUT2D eigenvalue weighted by atomic mass is 10.2. The molecule has 152 valence electrons. The zero-order chi connectivity index (χ0) is 21.3. The van der Waals surface area contributed by atoms with Crippen LogP contribution in [-0.2, 0) is 4.79 Å². The number of ether oxygens (including phenoxy) is 2. The van der Waals surface area contributed by atoms with Gasteiger partial charge in [-0.1, -0.05) is 12.1 Å². The van der Waals surface area contributed by atoms with E-state index in [0.717, 1.165) is 22.6 Å². The number of aromatic nitrogens is 2. The summed E-state index contributed by atoms with van der Waals surface area (Å²) in [6.07, 6.45) is 4.49. The Labute approximate surface area is 173 Å². The summed E-state index contributed by atoms with van der Waals surface area (Å²) >= 11 is 0. The van der Waals surface area contributed by atoms with Gasteiger partial charge in [0.25, 0.3) is 5.91 Å². The number of aryl methyl sites for hydroxylation is 1. The molecule has 0 aliphatic carbocycles. The number of aromatic amines is 1. The minimum absolute atomic E-state index is 0.259. The van der Waals surface area contributed by atoms with Gasteiger partial charge in [0.2, 0.25) is 0 Å². The number of carbonyl (C=O) groups is 2. The minimum Gasteiger partial charge on any atom is -0.497 e. The van der Waals surface area contributed by atoms with Gasteiger partial charge in [0.1, 0.15) is 11.5 Å². The smallest absolute Gasteiger partial charge is 0.336 e. The van der Waals surface area contributed by atoms with Crippen LogP contribution in [0.2, 0.25) is 0 Å². The van der Waals surface area contributed by atoms with Gasteiger partial charge in [0, 0.05) is 11.8 Å². The minimum atomic E-state index is -0.492. The number of amides is 1. The van der Waals surface area contributed by atoms with E-state index in [0.29, 0.717) is 5.75 Å². The molecule has 0 saturated carbocycles. The highest BCUT2D eigenvalue weighted by molar-refractivity contribution is 5.93. The van der Waals surface area contributed by atoms with E-state index in [1.165, 1.54) is 12.3 Å². The molecule has 0 radical (unpaired) electrons. The first-order valence-corrected chi connectivity index (χ1v) is 9.03. The van der Waals surface area contributed by atoms with E-state index in [9.17, 15) is 9.59 Å². The molecule has 0 aliphatic rings. The molecule has 3 aromatic rings. The Hall–Kier alpha value is -4.20. The second-order valence-corrected chi connectivity index (χ2v) is 6.23. The second kappa shape index (κ2) is 9.83. The fourth-order valence-electron chi connectivity index (χ4n) is 2.41. The van der Waals surface area contributed by atoms with Crippen LogP contribution in [0.5, 0.6) is 11.5 Å². The Kier molecular flexibility index (Phi) is 6.73. The van der Waals surface area contributed by atoms with Gasteiger partial charge >= 0.3 is 5.97 Å². The van der Waals surface area contributed by atoms with Gasteiger partial charge in [0.15, 0.2) is 5.69 Å². The lowest BCUT2D eigenvalue weighted by Crippen LogP contribution is -2.18. The van der Waals surface area contributed by atoms with Crippen LogP contribution in [0.4, 0.5) is 0 Å². The Balaban J connectivity index is 1.50. The molecule has 3 rings (SSSR count). The van der Waals surface area contributed by atoms with E-state index in [4.69, 9.17) is 9.47 Å². The third kappa shape index (κ3) is 5.90. The van der Waals surface area contributed by atoms with Gasteiger partial charge in [-0.3, -0.25) is 9.89 Å². The summed E-state index contributed by atoms with van der Waals surface area (Å²) in [7, 11) is 1.59. The van der Waals surface area contributed by atoms with E-state index in [2.05, 4.69) is 20.7 Å². The largest absolute Gasteiger partial charge is 0.497 e. The number of hydrogen-bond acceptors (Lipinski definition) is 6. The molecule has 1 heterocycles. The summed E-state index contributed by atoms with van der Waals surface area (Å²) < 4.78 is 10.4. The molecule has 8 nitrogen and oxygen atoms in total. The highest BCUT2D eigenvalue weighted by Crippen LogP contribution is 2.14. The van der Waals surface area contributed by atoms with Crippen molar-refractivity contribution in [3.8, 4) is 11.5 Å². The highest BCUT2D eigenvalue weighted by atomic mass is 16.5. The number of H-pyrrole nitrogens is 1. The number of methoxy groups -OCH3 is 1. The number of hydrogen-bond donors (Lipinski definition) is 2. The standard InChI is InChI=1S/C22H20N4O4/c1-15-13-20(25-24-15)22(28)26-23-14-17-5-10-19(11-6-17)30-21(27)12-7-16-3-8-18(29-2)9-4-16/h3-14H,1-2H3,(H,24,25)(H,26,28)/b12-7+,23-14-. The first-order chi connectivity index (χ1) is 14.5. The van der Waals surface area contributed by atoms with Crippen molar-refractivity contribution in [1.82, 2.24) is 15.6 Å². The second-order valence-electron chi connectivity index (χ2n) is 6.23. The molecule has 0 atom stereocenters. The van der Waals surface area contributed by atoms with Gasteiger partial charge in [-0.05, 0) is 66.6 Å². The summed E-state index contributed by atoms with van der Waals surface area (Å²) in [6, 6.07) is 15.6. The van der Waals surface area contributed by atoms with Crippen LogP contribution in [0, 0.1) is 6.92 Å². The normalized spacial score (nSPS) is 11.0. The van der Waals surface area contributed by atoms with Gasteiger partial charge in [0.05, 0.1) is 13.3 Å². The van der Waals surface area contributed by atoms with E-state index in [1.807, 2.05) is 24.3 Å². The first-order valence-electron chi connectivity index (χ1n) is 9.03. The van der Waals surface area contributed by atoms with Crippen LogP contribution in [0.3, 0.4) is 0 Å². The van der Waals surface area contributed by atoms with E-state index in [1.54, 1.807) is 50.4 Å². The number of hydrazone groups is 1. The molecule has 30 heavy (non-hydrogen) atoms. The molecule has 2 aromatic carbocycles. The molecule has 0 bridgehead atoms. The summed E-state index contributed by atoms with van der Waals surface area (Å²) in [5.41, 5.74) is 5.01. The molecular weight excluding hydrogens is 384 g/mol. The highest BCUT2D eigenvalue weighted by Gasteiger charge is 2.07. The van der Waals surface area contributed by atoms with Gasteiger partial charge in [-0.15, -0.1) is 0 Å². The monoisotopic (exact) mass is 404 g/mol. The Morgan fingerprint density at radius 1 is 1.03 bits per heavy atom. The third-order valence-corrected chi connectivity index (χ3v) is 3.94. The van der Waals surface area contributed by atoms with E-state index >= 15 is 0 Å². The molecular formula is C22H20N4O4. The van der Waals surface area contributed by atoms with Gasteiger partial charge in [-0.25, -0.2) is 10.2 Å². The molecule has 0 fully saturated rings. The van der Waals surface area contributed by atoms with Crippen molar-refractivity contribution in [1.29, 1.82) is 0 Å². The van der Waals surface area contributed by atoms with Gasteiger partial charge < -0.3 is 9.47 Å². The molecule has 8 heteroatoms. The summed E-state index contributed by atoms with van der Waals surface area (Å²) in [5.74, 6) is 0.236. The quantitative estimate of drug-likeness (QED) is 0.207. The topological polar surface area (TPSA) is 106 Å². The van der Waals surface area contributed by atoms with Crippen LogP contribution in [0.25, 0.3) is 6.08 Å². The number of nitrogens with one attached hydrogen (secondary N) is 2. The zero-order valence-corrected chi connectivity index (χ0v) is 16.5. The Bertz CT molecular complexity index is 1070. The fourth-order valence-corrected chi connectivity index (χ4v) is 2.41. The van der Waals surface area contributed by atoms with Crippen LogP contribution in [0.15, 0.2) is 65.8 Å². The number of esters is 1. The van der Waals surface area contributed by atoms with Crippen molar-refractivity contribution >= 4 is 24.2 Å². The summed E-state index contributed by atoms with van der Waals surface area (Å²) in [5, 5.41) is 10.4. The summed E-state index contributed by atoms with van der Waals surface area (Å²) in [4.78, 5) is 23.8. The number of carbonyl (C=O) groups excluding carboxylic acids is 2. The molecule has 2 N–H and O–H groups in total. The van der Waals surface area contributed by atoms with Crippen molar-refractivity contribution < 1.29 is 19.1 Å². The van der Waals surface area contributed by atoms with Crippen molar-refractivity contribution in [2.45, 2.75) is 6.92 Å². The number of rotatable bonds is 7. The molecule has 0 spiro atoms. The Morgan fingerprint density at radius 2 is 1.70 bits per heavy atom. The van der Waals surface area contributed by atoms with E-state index < -0.39 is 11.9 Å². The summed E-state index contributed by atoms with van der Waals surface area (Å²) in [6.45, 7) is 1.80. The van der Waals surface area contributed by atoms with Crippen molar-refractivity contribution in [3.05, 3.63) is 83.2 Å². The van der Waals surface area contributed by atoms with Crippen LogP contribution in [-0.4, -0.2) is 35.4 Å². The molecule has 1 amide bonds. The zero-order valence-electron chi connectivity index (χ0n) is 16.5. The van der Waals surface area contributed by atoms with Crippen LogP contribution >= 0.6 is 0 Å². The number of benzene rings is 2. The van der Waals surface area contributed by atoms with Crippen molar-refractivity contribution in [3.63, 3.8) is 0 Å². The van der Waals surface area contributed by atoms with Gasteiger partial charge in [-0.2, -0.15) is 10.2 Å². The SMILES string of the molecule is COc1ccc(/C=C/C(=O)Oc2ccc(/C=N\NC(=O)c3cc(C)[nH]n3)cc2)cc1. The predicted molar refractivity (Wildman–Crippen MR) is 112 cm³/mol. The molecule has 0 aliphatic heterocycles. The average molecular weight is 404 g/mol. The first kappa shape index (κ1) is 20.5. The van der Waals surface area contributed by atoms with Crippen molar-refractivity contribution in [2.24, 2.45) is 5.10 Å². The van der Waals surface area contributed by atoms with Crippen LogP contribution < -0.4 is 14.9 Å². The predicted octanol–water partition coefficient (Wildman–Crippen LogP) is 3.11. The fraction of sp³-hybridized carbons (Fsp3) is 0.0909. The maximum absolute atomic E-state index is 12.0. The lowest BCUT2D eigenvalue weighted by molar-refractivity contribution is -0.128. The maximum atomic E-state index is 12.0. The number of nitrogens with zero attached hydrogens (tertiary/aromatic N) is 2. The Morgan fingerprint density at radius 3 is 2.33 bits per heavy atom.